The number of aliphatic hydroxyl groups excluding tert-OH is 1. The number of hydrogen-bond acceptors (Lipinski definition) is 3. The Kier molecular flexibility index (Phi) is 6.26. The summed E-state index contributed by atoms with van der Waals surface area (Å²) in [7, 11) is 1.88. The molecular weight excluding hydrogens is 295 g/mol. The van der Waals surface area contributed by atoms with Crippen molar-refractivity contribution in [3.05, 3.63) is 71.0 Å². The minimum absolute atomic E-state index is 0.0988. The Hall–Kier alpha value is -2.24. The molecular formula is C18H21FN2O2. The van der Waals surface area contributed by atoms with Gasteiger partial charge in [0, 0.05) is 18.7 Å². The Balaban J connectivity index is 1.80. The highest BCUT2D eigenvalue weighted by atomic mass is 19.1. The minimum Gasteiger partial charge on any atom is -0.392 e. The third kappa shape index (κ3) is 5.47. The number of hydrogen-bond donors (Lipinski definition) is 2. The highest BCUT2D eigenvalue weighted by Crippen LogP contribution is 2.10. The molecule has 2 N–H and O–H groups in total. The first-order valence-electron chi connectivity index (χ1n) is 7.46. The number of nitrogens with one attached hydrogen (secondary N) is 1. The number of benzene rings is 2. The molecule has 0 fully saturated rings. The first kappa shape index (κ1) is 17.1. The largest absolute Gasteiger partial charge is 0.392 e. The lowest BCUT2D eigenvalue weighted by Gasteiger charge is -2.16. The first-order chi connectivity index (χ1) is 11.1. The Morgan fingerprint density at radius 3 is 2.61 bits per heavy atom. The van der Waals surface area contributed by atoms with Crippen LogP contribution in [-0.4, -0.2) is 29.5 Å². The molecule has 0 spiro atoms. The fourth-order valence-electron chi connectivity index (χ4n) is 2.31. The van der Waals surface area contributed by atoms with Crippen LogP contribution in [0, 0.1) is 5.82 Å². The molecule has 5 heteroatoms. The summed E-state index contributed by atoms with van der Waals surface area (Å²) in [6.45, 7) is 0.932. The summed E-state index contributed by atoms with van der Waals surface area (Å²) in [5, 5.41) is 11.8. The van der Waals surface area contributed by atoms with E-state index in [1.54, 1.807) is 12.1 Å². The molecule has 0 aliphatic carbocycles. The highest BCUT2D eigenvalue weighted by molar-refractivity contribution is 5.77. The van der Waals surface area contributed by atoms with E-state index in [0.717, 1.165) is 11.1 Å². The minimum atomic E-state index is -0.440. The van der Waals surface area contributed by atoms with E-state index in [-0.39, 0.29) is 24.6 Å². The predicted molar refractivity (Wildman–Crippen MR) is 86.9 cm³/mol. The number of likely N-dealkylation sites (N-methyl/N-ethyl adjacent to an activating group) is 1. The zero-order chi connectivity index (χ0) is 16.7. The molecule has 0 radical (unpaired) electrons. The van der Waals surface area contributed by atoms with E-state index in [4.69, 9.17) is 5.11 Å². The van der Waals surface area contributed by atoms with E-state index in [9.17, 15) is 9.18 Å². The molecule has 0 aliphatic rings. The van der Waals surface area contributed by atoms with Crippen molar-refractivity contribution >= 4 is 5.91 Å². The molecule has 2 aromatic carbocycles. The molecule has 23 heavy (non-hydrogen) atoms. The monoisotopic (exact) mass is 316 g/mol. The van der Waals surface area contributed by atoms with Gasteiger partial charge in [-0.15, -0.1) is 0 Å². The van der Waals surface area contributed by atoms with Gasteiger partial charge in [-0.1, -0.05) is 36.4 Å². The summed E-state index contributed by atoms with van der Waals surface area (Å²) in [5.41, 5.74) is 2.14. The summed E-state index contributed by atoms with van der Waals surface area (Å²) < 4.78 is 13.3. The molecule has 0 unspecified atom stereocenters. The number of halogens is 1. The van der Waals surface area contributed by atoms with E-state index in [1.807, 2.05) is 42.3 Å². The molecule has 0 saturated carbocycles. The van der Waals surface area contributed by atoms with E-state index in [2.05, 4.69) is 5.32 Å². The topological polar surface area (TPSA) is 52.6 Å². The van der Waals surface area contributed by atoms with E-state index in [0.29, 0.717) is 13.1 Å². The van der Waals surface area contributed by atoms with Crippen molar-refractivity contribution in [1.29, 1.82) is 0 Å². The van der Waals surface area contributed by atoms with Crippen LogP contribution in [0.2, 0.25) is 0 Å². The number of carbonyl (C=O) groups excluding carboxylic acids is 1. The van der Waals surface area contributed by atoms with Crippen LogP contribution >= 0.6 is 0 Å². The van der Waals surface area contributed by atoms with Gasteiger partial charge in [0.2, 0.25) is 5.91 Å². The molecule has 0 aliphatic heterocycles. The van der Waals surface area contributed by atoms with Crippen molar-refractivity contribution in [3.63, 3.8) is 0 Å². The molecule has 0 saturated heterocycles. The van der Waals surface area contributed by atoms with Crippen molar-refractivity contribution in [1.82, 2.24) is 10.2 Å². The van der Waals surface area contributed by atoms with E-state index < -0.39 is 5.82 Å². The van der Waals surface area contributed by atoms with E-state index in [1.165, 1.54) is 6.07 Å². The van der Waals surface area contributed by atoms with Crippen LogP contribution in [0.25, 0.3) is 0 Å². The first-order valence-corrected chi connectivity index (χ1v) is 7.46. The van der Waals surface area contributed by atoms with Crippen LogP contribution < -0.4 is 5.32 Å². The number of nitrogens with zero attached hydrogens (tertiary/aromatic N) is 1. The van der Waals surface area contributed by atoms with Crippen molar-refractivity contribution < 1.29 is 14.3 Å². The standard InChI is InChI=1S/C18H21FN2O2/c1-21(11-14-5-3-2-4-6-14)12-18(23)20-10-15-7-8-17(19)16(9-15)13-22/h2-9,22H,10-13H2,1H3,(H,20,23). The molecule has 2 rings (SSSR count). The third-order valence-electron chi connectivity index (χ3n) is 3.48. The van der Waals surface area contributed by atoms with Gasteiger partial charge in [-0.2, -0.15) is 0 Å². The molecule has 4 nitrogen and oxygen atoms in total. The van der Waals surface area contributed by atoms with Gasteiger partial charge in [0.25, 0.3) is 0 Å². The Labute approximate surface area is 135 Å². The third-order valence-corrected chi connectivity index (χ3v) is 3.48. The molecule has 1 amide bonds. The second kappa shape index (κ2) is 8.41. The van der Waals surface area contributed by atoms with Crippen LogP contribution in [0.3, 0.4) is 0 Å². The zero-order valence-corrected chi connectivity index (χ0v) is 13.1. The summed E-state index contributed by atoms with van der Waals surface area (Å²) in [6.07, 6.45) is 0. The van der Waals surface area contributed by atoms with Crippen LogP contribution in [0.5, 0.6) is 0 Å². The SMILES string of the molecule is CN(CC(=O)NCc1ccc(F)c(CO)c1)Cc1ccccc1. The van der Waals surface area contributed by atoms with Gasteiger partial charge in [-0.25, -0.2) is 4.39 Å². The maximum Gasteiger partial charge on any atom is 0.234 e. The van der Waals surface area contributed by atoms with Crippen molar-refractivity contribution in [3.8, 4) is 0 Å². The number of carbonyl (C=O) groups is 1. The number of rotatable bonds is 7. The molecule has 0 heterocycles. The Bertz CT molecular complexity index is 647. The maximum absolute atomic E-state index is 13.3. The summed E-state index contributed by atoms with van der Waals surface area (Å²) in [5.74, 6) is -0.538. The highest BCUT2D eigenvalue weighted by Gasteiger charge is 2.08. The normalized spacial score (nSPS) is 10.8. The lowest BCUT2D eigenvalue weighted by molar-refractivity contribution is -0.122. The maximum atomic E-state index is 13.3. The summed E-state index contributed by atoms with van der Waals surface area (Å²) in [4.78, 5) is 13.9. The van der Waals surface area contributed by atoms with Gasteiger partial charge in [0.1, 0.15) is 5.82 Å². The molecule has 0 aromatic heterocycles. The molecule has 0 atom stereocenters. The van der Waals surface area contributed by atoms with Gasteiger partial charge < -0.3 is 10.4 Å². The van der Waals surface area contributed by atoms with Crippen molar-refractivity contribution in [2.75, 3.05) is 13.6 Å². The summed E-state index contributed by atoms with van der Waals surface area (Å²) in [6, 6.07) is 14.4. The Morgan fingerprint density at radius 2 is 1.91 bits per heavy atom. The van der Waals surface area contributed by atoms with Crippen LogP contribution in [-0.2, 0) is 24.5 Å². The predicted octanol–water partition coefficient (Wildman–Crippen LogP) is 2.07. The average molecular weight is 316 g/mol. The van der Waals surface area contributed by atoms with Crippen molar-refractivity contribution in [2.24, 2.45) is 0 Å². The fraction of sp³-hybridized carbons (Fsp3) is 0.278. The van der Waals surface area contributed by atoms with Gasteiger partial charge >= 0.3 is 0 Å². The number of aliphatic hydroxyl groups is 1. The molecule has 122 valence electrons. The summed E-state index contributed by atoms with van der Waals surface area (Å²) >= 11 is 0. The fourth-order valence-corrected chi connectivity index (χ4v) is 2.31. The molecule has 0 bridgehead atoms. The number of amides is 1. The second-order valence-corrected chi connectivity index (χ2v) is 5.52. The Morgan fingerprint density at radius 1 is 1.17 bits per heavy atom. The average Bonchev–Trinajstić information content (AvgIpc) is 2.55. The van der Waals surface area contributed by atoms with Crippen LogP contribution in [0.4, 0.5) is 4.39 Å². The van der Waals surface area contributed by atoms with Crippen molar-refractivity contribution in [2.45, 2.75) is 19.7 Å². The smallest absolute Gasteiger partial charge is 0.234 e. The van der Waals surface area contributed by atoms with Crippen LogP contribution in [0.15, 0.2) is 48.5 Å². The lowest BCUT2D eigenvalue weighted by Crippen LogP contribution is -2.34. The van der Waals surface area contributed by atoms with Crippen LogP contribution in [0.1, 0.15) is 16.7 Å². The van der Waals surface area contributed by atoms with Gasteiger partial charge in [0.15, 0.2) is 0 Å². The quantitative estimate of drug-likeness (QED) is 0.822. The molecule has 2 aromatic rings. The second-order valence-electron chi connectivity index (χ2n) is 5.52. The van der Waals surface area contributed by atoms with Gasteiger partial charge in [-0.3, -0.25) is 9.69 Å². The van der Waals surface area contributed by atoms with Gasteiger partial charge in [-0.05, 0) is 30.3 Å². The zero-order valence-electron chi connectivity index (χ0n) is 13.1. The lowest BCUT2D eigenvalue weighted by atomic mass is 10.1. The van der Waals surface area contributed by atoms with Gasteiger partial charge in [0.05, 0.1) is 13.2 Å². The van der Waals surface area contributed by atoms with E-state index >= 15 is 0 Å².